The number of thiophene rings is 1. The summed E-state index contributed by atoms with van der Waals surface area (Å²) < 4.78 is 6.52. The summed E-state index contributed by atoms with van der Waals surface area (Å²) in [5.74, 6) is 0.830. The Morgan fingerprint density at radius 3 is 2.67 bits per heavy atom. The van der Waals surface area contributed by atoms with Gasteiger partial charge in [0.1, 0.15) is 0 Å². The van der Waals surface area contributed by atoms with Crippen LogP contribution in [0.5, 0.6) is 0 Å². The highest BCUT2D eigenvalue weighted by Crippen LogP contribution is 2.41. The summed E-state index contributed by atoms with van der Waals surface area (Å²) >= 11 is 5.39. The average molecular weight is 375 g/mol. The SMILES string of the molecule is CCC(N)C(c1ccc(Br)s1)N(CCOC)C(C)C1CC1. The van der Waals surface area contributed by atoms with Crippen molar-refractivity contribution in [3.63, 3.8) is 0 Å². The van der Waals surface area contributed by atoms with Crippen molar-refractivity contribution in [2.24, 2.45) is 11.7 Å². The molecule has 0 radical (unpaired) electrons. The number of nitrogens with zero attached hydrogens (tertiary/aromatic N) is 1. The van der Waals surface area contributed by atoms with Gasteiger partial charge in [0.05, 0.1) is 16.4 Å². The van der Waals surface area contributed by atoms with Gasteiger partial charge in [-0.25, -0.2) is 0 Å². The molecular weight excluding hydrogens is 348 g/mol. The number of nitrogens with two attached hydrogens (primary N) is 1. The van der Waals surface area contributed by atoms with E-state index in [0.717, 1.165) is 25.5 Å². The van der Waals surface area contributed by atoms with Gasteiger partial charge in [0.25, 0.3) is 0 Å². The summed E-state index contributed by atoms with van der Waals surface area (Å²) in [6.45, 7) is 6.24. The standard InChI is InChI=1S/C16H27BrN2OS/c1-4-13(18)16(14-7-8-15(17)21-14)19(9-10-20-3)11(2)12-5-6-12/h7-8,11-13,16H,4-6,9-10,18H2,1-3H3. The highest BCUT2D eigenvalue weighted by atomic mass is 79.9. The number of ether oxygens (including phenoxy) is 1. The Morgan fingerprint density at radius 1 is 1.48 bits per heavy atom. The third kappa shape index (κ3) is 4.52. The Bertz CT molecular complexity index is 436. The van der Waals surface area contributed by atoms with Crippen LogP contribution in [-0.4, -0.2) is 37.2 Å². The second kappa shape index (κ2) is 8.06. The smallest absolute Gasteiger partial charge is 0.0702 e. The maximum atomic E-state index is 6.50. The molecule has 21 heavy (non-hydrogen) atoms. The van der Waals surface area contributed by atoms with Gasteiger partial charge in [-0.05, 0) is 60.2 Å². The fraction of sp³-hybridized carbons (Fsp3) is 0.750. The zero-order chi connectivity index (χ0) is 15.4. The fourth-order valence-electron chi connectivity index (χ4n) is 2.97. The van der Waals surface area contributed by atoms with Gasteiger partial charge in [-0.1, -0.05) is 6.92 Å². The van der Waals surface area contributed by atoms with Gasteiger partial charge in [0.15, 0.2) is 0 Å². The first kappa shape index (κ1) is 17.4. The second-order valence-electron chi connectivity index (χ2n) is 5.97. The van der Waals surface area contributed by atoms with E-state index in [9.17, 15) is 0 Å². The van der Waals surface area contributed by atoms with Gasteiger partial charge in [0.2, 0.25) is 0 Å². The van der Waals surface area contributed by atoms with Crippen molar-refractivity contribution in [3.05, 3.63) is 20.8 Å². The number of methoxy groups -OCH3 is 1. The molecule has 1 aromatic rings. The Balaban J connectivity index is 2.24. The summed E-state index contributed by atoms with van der Waals surface area (Å²) in [5, 5.41) is 0. The maximum Gasteiger partial charge on any atom is 0.0702 e. The van der Waals surface area contributed by atoms with E-state index in [2.05, 4.69) is 46.8 Å². The lowest BCUT2D eigenvalue weighted by molar-refractivity contribution is 0.0703. The molecule has 0 saturated heterocycles. The molecule has 0 spiro atoms. The number of hydrogen-bond donors (Lipinski definition) is 1. The van der Waals surface area contributed by atoms with Crippen molar-refractivity contribution in [1.29, 1.82) is 0 Å². The Morgan fingerprint density at radius 2 is 2.19 bits per heavy atom. The van der Waals surface area contributed by atoms with E-state index in [4.69, 9.17) is 10.5 Å². The van der Waals surface area contributed by atoms with Crippen LogP contribution < -0.4 is 5.73 Å². The first-order valence-electron chi connectivity index (χ1n) is 7.84. The van der Waals surface area contributed by atoms with E-state index >= 15 is 0 Å². The van der Waals surface area contributed by atoms with Crippen molar-refractivity contribution in [2.45, 2.75) is 51.2 Å². The van der Waals surface area contributed by atoms with Crippen molar-refractivity contribution >= 4 is 27.3 Å². The lowest BCUT2D eigenvalue weighted by atomic mass is 9.99. The van der Waals surface area contributed by atoms with E-state index in [1.165, 1.54) is 21.5 Å². The molecule has 120 valence electrons. The molecule has 1 heterocycles. The van der Waals surface area contributed by atoms with Crippen LogP contribution in [0.2, 0.25) is 0 Å². The third-order valence-electron chi connectivity index (χ3n) is 4.50. The van der Waals surface area contributed by atoms with Crippen LogP contribution in [-0.2, 0) is 4.74 Å². The second-order valence-corrected chi connectivity index (χ2v) is 8.46. The van der Waals surface area contributed by atoms with Gasteiger partial charge in [-0.15, -0.1) is 11.3 Å². The zero-order valence-corrected chi connectivity index (χ0v) is 15.6. The maximum absolute atomic E-state index is 6.50. The Hall–Kier alpha value is 0.0600. The molecule has 1 fully saturated rings. The van der Waals surface area contributed by atoms with Gasteiger partial charge in [-0.3, -0.25) is 4.90 Å². The Labute approximate surface area is 141 Å². The molecule has 1 aromatic heterocycles. The van der Waals surface area contributed by atoms with E-state index in [1.54, 1.807) is 18.4 Å². The minimum Gasteiger partial charge on any atom is -0.383 e. The van der Waals surface area contributed by atoms with Crippen molar-refractivity contribution in [2.75, 3.05) is 20.3 Å². The third-order valence-corrected chi connectivity index (χ3v) is 6.20. The summed E-state index contributed by atoms with van der Waals surface area (Å²) in [6.07, 6.45) is 3.70. The normalized spacial score (nSPS) is 19.7. The Kier molecular flexibility index (Phi) is 6.69. The molecule has 2 N–H and O–H groups in total. The van der Waals surface area contributed by atoms with E-state index in [-0.39, 0.29) is 12.1 Å². The molecule has 3 nitrogen and oxygen atoms in total. The van der Waals surface area contributed by atoms with Crippen LogP contribution in [0.15, 0.2) is 15.9 Å². The highest BCUT2D eigenvalue weighted by molar-refractivity contribution is 9.11. The van der Waals surface area contributed by atoms with E-state index in [0.29, 0.717) is 6.04 Å². The molecule has 0 aliphatic heterocycles. The molecule has 1 aliphatic carbocycles. The van der Waals surface area contributed by atoms with Gasteiger partial charge in [-0.2, -0.15) is 0 Å². The van der Waals surface area contributed by atoms with Crippen molar-refractivity contribution in [3.8, 4) is 0 Å². The molecule has 2 rings (SSSR count). The van der Waals surface area contributed by atoms with Crippen LogP contribution in [0.3, 0.4) is 0 Å². The summed E-state index contributed by atoms with van der Waals surface area (Å²) in [7, 11) is 1.77. The first-order chi connectivity index (χ1) is 10.1. The molecule has 5 heteroatoms. The van der Waals surface area contributed by atoms with Gasteiger partial charge >= 0.3 is 0 Å². The fourth-order valence-corrected chi connectivity index (χ4v) is 4.59. The molecule has 0 amide bonds. The van der Waals surface area contributed by atoms with E-state index < -0.39 is 0 Å². The molecule has 0 aromatic carbocycles. The topological polar surface area (TPSA) is 38.5 Å². The van der Waals surface area contributed by atoms with Crippen LogP contribution in [0.1, 0.15) is 44.0 Å². The molecule has 0 bridgehead atoms. The molecule has 1 aliphatic rings. The predicted molar refractivity (Wildman–Crippen MR) is 93.8 cm³/mol. The van der Waals surface area contributed by atoms with Crippen molar-refractivity contribution in [1.82, 2.24) is 4.90 Å². The van der Waals surface area contributed by atoms with Crippen LogP contribution >= 0.6 is 27.3 Å². The minimum atomic E-state index is 0.161. The summed E-state index contributed by atoms with van der Waals surface area (Å²) in [6, 6.07) is 5.37. The van der Waals surface area contributed by atoms with Crippen molar-refractivity contribution < 1.29 is 4.74 Å². The molecule has 3 atom stereocenters. The largest absolute Gasteiger partial charge is 0.383 e. The van der Waals surface area contributed by atoms with Crippen LogP contribution in [0.4, 0.5) is 0 Å². The average Bonchev–Trinajstić information content (AvgIpc) is 3.24. The minimum absolute atomic E-state index is 0.161. The molecular formula is C16H27BrN2OS. The quantitative estimate of drug-likeness (QED) is 0.708. The monoisotopic (exact) mass is 374 g/mol. The van der Waals surface area contributed by atoms with Gasteiger partial charge in [0, 0.05) is 30.6 Å². The molecule has 1 saturated carbocycles. The lowest BCUT2D eigenvalue weighted by Crippen LogP contribution is -2.47. The molecule has 3 unspecified atom stereocenters. The van der Waals surface area contributed by atoms with Crippen LogP contribution in [0, 0.1) is 5.92 Å². The number of rotatable bonds is 9. The number of halogens is 1. The predicted octanol–water partition coefficient (Wildman–Crippen LogP) is 4.04. The first-order valence-corrected chi connectivity index (χ1v) is 9.44. The van der Waals surface area contributed by atoms with Crippen LogP contribution in [0.25, 0.3) is 0 Å². The number of hydrogen-bond acceptors (Lipinski definition) is 4. The summed E-state index contributed by atoms with van der Waals surface area (Å²) in [5.41, 5.74) is 6.50. The highest BCUT2D eigenvalue weighted by Gasteiger charge is 2.37. The van der Waals surface area contributed by atoms with Gasteiger partial charge < -0.3 is 10.5 Å². The zero-order valence-electron chi connectivity index (χ0n) is 13.2. The van der Waals surface area contributed by atoms with E-state index in [1.807, 2.05) is 0 Å². The summed E-state index contributed by atoms with van der Waals surface area (Å²) in [4.78, 5) is 3.94. The lowest BCUT2D eigenvalue weighted by Gasteiger charge is -2.39.